The highest BCUT2D eigenvalue weighted by Crippen LogP contribution is 2.25. The number of halogens is 1. The number of rotatable bonds is 6. The fourth-order valence-corrected chi connectivity index (χ4v) is 2.98. The second kappa shape index (κ2) is 9.59. The minimum Gasteiger partial charge on any atom is -0.489 e. The van der Waals surface area contributed by atoms with Crippen molar-refractivity contribution < 1.29 is 9.53 Å². The van der Waals surface area contributed by atoms with Crippen molar-refractivity contribution in [1.29, 1.82) is 0 Å². The van der Waals surface area contributed by atoms with Crippen LogP contribution in [0.3, 0.4) is 0 Å². The van der Waals surface area contributed by atoms with E-state index in [9.17, 15) is 4.79 Å². The van der Waals surface area contributed by atoms with E-state index < -0.39 is 0 Å². The number of hydrogen-bond acceptors (Lipinski definition) is 3. The SMILES string of the molecule is C/C(=N\C(=O)c1cc(C)n(Cc2cc(Cl)ccc2OCc2ccccc2)n1)N(C)C. The van der Waals surface area contributed by atoms with Crippen LogP contribution in [0.4, 0.5) is 0 Å². The highest BCUT2D eigenvalue weighted by Gasteiger charge is 2.14. The summed E-state index contributed by atoms with van der Waals surface area (Å²) < 4.78 is 7.79. The van der Waals surface area contributed by atoms with E-state index in [-0.39, 0.29) is 5.91 Å². The molecule has 0 aliphatic carbocycles. The van der Waals surface area contributed by atoms with Gasteiger partial charge in [-0.2, -0.15) is 10.1 Å². The minimum absolute atomic E-state index is 0.308. The van der Waals surface area contributed by atoms with Crippen molar-refractivity contribution in [3.8, 4) is 5.75 Å². The molecule has 1 heterocycles. The molecule has 0 radical (unpaired) electrons. The molecule has 6 nitrogen and oxygen atoms in total. The van der Waals surface area contributed by atoms with Gasteiger partial charge in [-0.3, -0.25) is 9.48 Å². The number of amidine groups is 1. The molecule has 2 aromatic carbocycles. The van der Waals surface area contributed by atoms with Crippen LogP contribution in [0, 0.1) is 6.92 Å². The fraction of sp³-hybridized carbons (Fsp3) is 0.261. The summed E-state index contributed by atoms with van der Waals surface area (Å²) in [5, 5.41) is 5.06. The van der Waals surface area contributed by atoms with Crippen molar-refractivity contribution in [1.82, 2.24) is 14.7 Å². The average molecular weight is 425 g/mol. The molecular weight excluding hydrogens is 400 g/mol. The summed E-state index contributed by atoms with van der Waals surface area (Å²) in [7, 11) is 3.68. The van der Waals surface area contributed by atoms with Crippen molar-refractivity contribution in [2.75, 3.05) is 14.1 Å². The second-order valence-corrected chi connectivity index (χ2v) is 7.65. The normalized spacial score (nSPS) is 11.4. The van der Waals surface area contributed by atoms with Gasteiger partial charge in [0.25, 0.3) is 5.91 Å². The van der Waals surface area contributed by atoms with E-state index >= 15 is 0 Å². The molecule has 0 fully saturated rings. The molecule has 1 aromatic heterocycles. The van der Waals surface area contributed by atoms with Gasteiger partial charge in [0.1, 0.15) is 18.2 Å². The van der Waals surface area contributed by atoms with E-state index in [2.05, 4.69) is 10.1 Å². The van der Waals surface area contributed by atoms with Crippen molar-refractivity contribution >= 4 is 23.3 Å². The first kappa shape index (κ1) is 21.6. The van der Waals surface area contributed by atoms with Crippen LogP contribution in [0.1, 0.15) is 34.2 Å². The molecule has 156 valence electrons. The first-order chi connectivity index (χ1) is 14.3. The van der Waals surface area contributed by atoms with Gasteiger partial charge in [-0.1, -0.05) is 41.9 Å². The summed E-state index contributed by atoms with van der Waals surface area (Å²) in [6.07, 6.45) is 0. The maximum Gasteiger partial charge on any atom is 0.299 e. The molecule has 3 rings (SSSR count). The zero-order chi connectivity index (χ0) is 21.7. The quantitative estimate of drug-likeness (QED) is 0.429. The van der Waals surface area contributed by atoms with Gasteiger partial charge in [-0.05, 0) is 43.7 Å². The number of carbonyl (C=O) groups excluding carboxylic acids is 1. The standard InChI is InChI=1S/C23H25ClN4O2/c1-16-12-21(23(29)25-17(2)27(3)4)26-28(16)14-19-13-20(24)10-11-22(19)30-15-18-8-6-5-7-9-18/h5-13H,14-15H2,1-4H3/b25-17+. The lowest BCUT2D eigenvalue weighted by Crippen LogP contribution is -2.20. The van der Waals surface area contributed by atoms with E-state index in [0.717, 1.165) is 22.6 Å². The highest BCUT2D eigenvalue weighted by molar-refractivity contribution is 6.30. The molecule has 0 aliphatic rings. The summed E-state index contributed by atoms with van der Waals surface area (Å²) in [6.45, 7) is 4.57. The van der Waals surface area contributed by atoms with E-state index in [4.69, 9.17) is 16.3 Å². The van der Waals surface area contributed by atoms with Crippen molar-refractivity contribution in [2.45, 2.75) is 27.0 Å². The van der Waals surface area contributed by atoms with Gasteiger partial charge < -0.3 is 9.64 Å². The number of amides is 1. The van der Waals surface area contributed by atoms with Crippen molar-refractivity contribution in [3.05, 3.63) is 82.1 Å². The molecule has 0 N–H and O–H groups in total. The van der Waals surface area contributed by atoms with E-state index in [1.54, 1.807) is 28.6 Å². The van der Waals surface area contributed by atoms with Gasteiger partial charge in [0.15, 0.2) is 5.69 Å². The van der Waals surface area contributed by atoms with Crippen molar-refractivity contribution in [2.24, 2.45) is 4.99 Å². The Hall–Kier alpha value is -3.12. The Morgan fingerprint density at radius 1 is 1.17 bits per heavy atom. The van der Waals surface area contributed by atoms with Gasteiger partial charge >= 0.3 is 0 Å². The Morgan fingerprint density at radius 2 is 1.90 bits per heavy atom. The Kier molecular flexibility index (Phi) is 6.90. The zero-order valence-electron chi connectivity index (χ0n) is 17.6. The lowest BCUT2D eigenvalue weighted by Gasteiger charge is -2.13. The first-order valence-corrected chi connectivity index (χ1v) is 9.98. The summed E-state index contributed by atoms with van der Waals surface area (Å²) in [6, 6.07) is 17.2. The molecule has 0 unspecified atom stereocenters. The minimum atomic E-state index is -0.366. The van der Waals surface area contributed by atoms with Crippen LogP contribution in [-0.2, 0) is 13.2 Å². The fourth-order valence-electron chi connectivity index (χ4n) is 2.79. The summed E-state index contributed by atoms with van der Waals surface area (Å²) in [5.41, 5.74) is 3.12. The molecule has 0 saturated carbocycles. The monoisotopic (exact) mass is 424 g/mol. The predicted molar refractivity (Wildman–Crippen MR) is 119 cm³/mol. The molecule has 7 heteroatoms. The zero-order valence-corrected chi connectivity index (χ0v) is 18.3. The number of carbonyl (C=O) groups is 1. The number of nitrogens with zero attached hydrogens (tertiary/aromatic N) is 4. The van der Waals surface area contributed by atoms with Gasteiger partial charge in [0.2, 0.25) is 0 Å². The molecular formula is C23H25ClN4O2. The highest BCUT2D eigenvalue weighted by atomic mass is 35.5. The van der Waals surface area contributed by atoms with Gasteiger partial charge in [0.05, 0.1) is 6.54 Å². The third kappa shape index (κ3) is 5.48. The lowest BCUT2D eigenvalue weighted by molar-refractivity contribution is 0.0996. The third-order valence-electron chi connectivity index (χ3n) is 4.69. The molecule has 0 spiro atoms. The maximum absolute atomic E-state index is 12.4. The number of aryl methyl sites for hydroxylation is 1. The summed E-state index contributed by atoms with van der Waals surface area (Å²) in [4.78, 5) is 18.3. The smallest absolute Gasteiger partial charge is 0.299 e. The lowest BCUT2D eigenvalue weighted by atomic mass is 10.2. The largest absolute Gasteiger partial charge is 0.489 e. The number of ether oxygens (including phenoxy) is 1. The molecule has 0 atom stereocenters. The van der Waals surface area contributed by atoms with Crippen LogP contribution < -0.4 is 4.74 Å². The summed E-state index contributed by atoms with van der Waals surface area (Å²) >= 11 is 6.22. The van der Waals surface area contributed by atoms with Crippen LogP contribution >= 0.6 is 11.6 Å². The van der Waals surface area contributed by atoms with Crippen LogP contribution in [0.25, 0.3) is 0 Å². The van der Waals surface area contributed by atoms with Crippen molar-refractivity contribution in [3.63, 3.8) is 0 Å². The topological polar surface area (TPSA) is 59.7 Å². The average Bonchev–Trinajstić information content (AvgIpc) is 3.08. The molecule has 30 heavy (non-hydrogen) atoms. The maximum atomic E-state index is 12.4. The van der Waals surface area contributed by atoms with E-state index in [1.165, 1.54) is 0 Å². The molecule has 0 bridgehead atoms. The Balaban J connectivity index is 1.81. The van der Waals surface area contributed by atoms with Crippen LogP contribution in [0.5, 0.6) is 5.75 Å². The second-order valence-electron chi connectivity index (χ2n) is 7.21. The van der Waals surface area contributed by atoms with Crippen LogP contribution in [-0.4, -0.2) is 40.5 Å². The van der Waals surface area contributed by atoms with Gasteiger partial charge in [-0.15, -0.1) is 0 Å². The predicted octanol–water partition coefficient (Wildman–Crippen LogP) is 4.59. The first-order valence-electron chi connectivity index (χ1n) is 9.60. The Morgan fingerprint density at radius 3 is 2.60 bits per heavy atom. The van der Waals surface area contributed by atoms with Gasteiger partial charge in [-0.25, -0.2) is 0 Å². The number of aromatic nitrogens is 2. The number of aliphatic imine (C=N–C) groups is 1. The molecule has 0 aliphatic heterocycles. The number of benzene rings is 2. The van der Waals surface area contributed by atoms with Crippen LogP contribution in [0.15, 0.2) is 59.6 Å². The molecule has 3 aromatic rings. The number of hydrogen-bond donors (Lipinski definition) is 0. The van der Waals surface area contributed by atoms with Crippen LogP contribution in [0.2, 0.25) is 5.02 Å². The van der Waals surface area contributed by atoms with E-state index in [1.807, 2.05) is 63.5 Å². The third-order valence-corrected chi connectivity index (χ3v) is 4.93. The summed E-state index contributed by atoms with van der Waals surface area (Å²) in [5.74, 6) is 0.987. The Labute approximate surface area is 181 Å². The van der Waals surface area contributed by atoms with E-state index in [0.29, 0.717) is 29.7 Å². The molecule has 1 amide bonds. The van der Waals surface area contributed by atoms with Gasteiger partial charge in [0, 0.05) is 30.4 Å². The molecule has 0 saturated heterocycles. The Bertz CT molecular complexity index is 1060.